The van der Waals surface area contributed by atoms with E-state index < -0.39 is 6.04 Å². The summed E-state index contributed by atoms with van der Waals surface area (Å²) < 4.78 is 0. The first-order chi connectivity index (χ1) is 8.95. The van der Waals surface area contributed by atoms with Crippen LogP contribution in [0.15, 0.2) is 18.2 Å². The Morgan fingerprint density at radius 3 is 2.63 bits per heavy atom. The minimum Gasteiger partial charge on any atom is -0.348 e. The van der Waals surface area contributed by atoms with E-state index in [-0.39, 0.29) is 11.9 Å². The summed E-state index contributed by atoms with van der Waals surface area (Å²) in [6.07, 6.45) is 2.81. The molecule has 0 aromatic heterocycles. The summed E-state index contributed by atoms with van der Waals surface area (Å²) in [5.74, 6) is -0.0547. The highest BCUT2D eigenvalue weighted by Gasteiger charge is 2.16. The molecule has 0 fully saturated rings. The molecule has 0 aliphatic rings. The Bertz CT molecular complexity index is 429. The molecule has 0 radical (unpaired) electrons. The zero-order valence-electron chi connectivity index (χ0n) is 12.5. The lowest BCUT2D eigenvalue weighted by atomic mass is 10.00. The van der Waals surface area contributed by atoms with Crippen molar-refractivity contribution in [1.29, 1.82) is 0 Å². The zero-order valence-corrected chi connectivity index (χ0v) is 12.5. The Kier molecular flexibility index (Phi) is 6.03. The molecule has 19 heavy (non-hydrogen) atoms. The third-order valence-electron chi connectivity index (χ3n) is 3.46. The predicted octanol–water partition coefficient (Wildman–Crippen LogP) is 3.00. The van der Waals surface area contributed by atoms with Gasteiger partial charge in [0.25, 0.3) is 0 Å². The molecular formula is C16H26N2O. The molecule has 0 saturated heterocycles. The van der Waals surface area contributed by atoms with Crippen LogP contribution in [0.25, 0.3) is 0 Å². The molecule has 3 heteroatoms. The number of carbonyl (C=O) groups is 1. The van der Waals surface area contributed by atoms with Gasteiger partial charge in [0.15, 0.2) is 0 Å². The van der Waals surface area contributed by atoms with Gasteiger partial charge in [0.05, 0.1) is 12.1 Å². The molecule has 0 spiro atoms. The lowest BCUT2D eigenvalue weighted by Gasteiger charge is -2.19. The molecule has 0 heterocycles. The quantitative estimate of drug-likeness (QED) is 0.828. The van der Waals surface area contributed by atoms with Crippen molar-refractivity contribution in [3.63, 3.8) is 0 Å². The fraction of sp³-hybridized carbons (Fsp3) is 0.562. The fourth-order valence-corrected chi connectivity index (χ4v) is 2.26. The molecule has 0 bridgehead atoms. The molecule has 1 rings (SSSR count). The second-order valence-corrected chi connectivity index (χ2v) is 5.34. The van der Waals surface area contributed by atoms with Crippen molar-refractivity contribution in [2.45, 2.75) is 59.0 Å². The standard InChI is InChI=1S/C16H26N2O/c1-5-6-7-15(17)16(19)18-13(4)14-9-8-11(2)10-12(14)3/h8-10,13,15H,5-7,17H2,1-4H3,(H,18,19)/t13?,15-/m0/s1. The van der Waals surface area contributed by atoms with Gasteiger partial charge in [0.2, 0.25) is 5.91 Å². The molecule has 3 N–H and O–H groups in total. The fourth-order valence-electron chi connectivity index (χ4n) is 2.26. The van der Waals surface area contributed by atoms with Crippen LogP contribution in [-0.4, -0.2) is 11.9 Å². The van der Waals surface area contributed by atoms with Crippen LogP contribution in [0.5, 0.6) is 0 Å². The molecule has 1 aromatic rings. The van der Waals surface area contributed by atoms with Gasteiger partial charge in [-0.05, 0) is 38.3 Å². The summed E-state index contributed by atoms with van der Waals surface area (Å²) in [6, 6.07) is 5.89. The van der Waals surface area contributed by atoms with E-state index >= 15 is 0 Å². The second-order valence-electron chi connectivity index (χ2n) is 5.34. The highest BCUT2D eigenvalue weighted by atomic mass is 16.2. The lowest BCUT2D eigenvalue weighted by Crippen LogP contribution is -2.41. The summed E-state index contributed by atoms with van der Waals surface area (Å²) >= 11 is 0. The molecule has 1 aromatic carbocycles. The number of benzene rings is 1. The van der Waals surface area contributed by atoms with Gasteiger partial charge in [-0.25, -0.2) is 0 Å². The van der Waals surface area contributed by atoms with Gasteiger partial charge in [0.1, 0.15) is 0 Å². The number of carbonyl (C=O) groups excluding carboxylic acids is 1. The van der Waals surface area contributed by atoms with Crippen molar-refractivity contribution >= 4 is 5.91 Å². The van der Waals surface area contributed by atoms with Gasteiger partial charge < -0.3 is 11.1 Å². The summed E-state index contributed by atoms with van der Waals surface area (Å²) in [7, 11) is 0. The topological polar surface area (TPSA) is 55.1 Å². The number of nitrogens with two attached hydrogens (primary N) is 1. The average molecular weight is 262 g/mol. The summed E-state index contributed by atoms with van der Waals surface area (Å²) in [4.78, 5) is 12.0. The van der Waals surface area contributed by atoms with Crippen LogP contribution in [0.1, 0.15) is 55.8 Å². The highest BCUT2D eigenvalue weighted by Crippen LogP contribution is 2.18. The Labute approximate surface area is 116 Å². The Hall–Kier alpha value is -1.35. The Morgan fingerprint density at radius 2 is 2.05 bits per heavy atom. The number of hydrogen-bond donors (Lipinski definition) is 2. The van der Waals surface area contributed by atoms with Crippen LogP contribution >= 0.6 is 0 Å². The normalized spacial score (nSPS) is 13.9. The lowest BCUT2D eigenvalue weighted by molar-refractivity contribution is -0.123. The van der Waals surface area contributed by atoms with E-state index in [9.17, 15) is 4.79 Å². The van der Waals surface area contributed by atoms with Crippen LogP contribution in [0.3, 0.4) is 0 Å². The van der Waals surface area contributed by atoms with E-state index in [0.717, 1.165) is 24.8 Å². The van der Waals surface area contributed by atoms with Crippen LogP contribution in [0.4, 0.5) is 0 Å². The molecule has 3 nitrogen and oxygen atoms in total. The molecule has 1 unspecified atom stereocenters. The number of unbranched alkanes of at least 4 members (excludes halogenated alkanes) is 1. The number of hydrogen-bond acceptors (Lipinski definition) is 2. The molecule has 0 aliphatic heterocycles. The van der Waals surface area contributed by atoms with E-state index in [1.54, 1.807) is 0 Å². The van der Waals surface area contributed by atoms with Crippen LogP contribution in [0.2, 0.25) is 0 Å². The van der Waals surface area contributed by atoms with Gasteiger partial charge >= 0.3 is 0 Å². The molecule has 0 aliphatic carbocycles. The van der Waals surface area contributed by atoms with Crippen LogP contribution in [-0.2, 0) is 4.79 Å². The first kappa shape index (κ1) is 15.7. The average Bonchev–Trinajstić information content (AvgIpc) is 2.35. The van der Waals surface area contributed by atoms with E-state index in [1.165, 1.54) is 11.1 Å². The maximum absolute atomic E-state index is 12.0. The number of rotatable bonds is 6. The van der Waals surface area contributed by atoms with E-state index in [2.05, 4.69) is 44.3 Å². The van der Waals surface area contributed by atoms with Gasteiger partial charge in [-0.2, -0.15) is 0 Å². The van der Waals surface area contributed by atoms with Crippen molar-refractivity contribution in [2.75, 3.05) is 0 Å². The minimum atomic E-state index is -0.395. The number of amides is 1. The van der Waals surface area contributed by atoms with Gasteiger partial charge in [0, 0.05) is 0 Å². The predicted molar refractivity (Wildman–Crippen MR) is 80.0 cm³/mol. The second kappa shape index (κ2) is 7.29. The van der Waals surface area contributed by atoms with E-state index in [1.807, 2.05) is 6.92 Å². The van der Waals surface area contributed by atoms with Crippen molar-refractivity contribution in [1.82, 2.24) is 5.32 Å². The first-order valence-corrected chi connectivity index (χ1v) is 7.08. The monoisotopic (exact) mass is 262 g/mol. The number of nitrogens with one attached hydrogen (secondary N) is 1. The van der Waals surface area contributed by atoms with Crippen LogP contribution in [0, 0.1) is 13.8 Å². The van der Waals surface area contributed by atoms with Crippen molar-refractivity contribution in [3.05, 3.63) is 34.9 Å². The number of aryl methyl sites for hydroxylation is 2. The van der Waals surface area contributed by atoms with Crippen molar-refractivity contribution in [2.24, 2.45) is 5.73 Å². The SMILES string of the molecule is CCCC[C@H](N)C(=O)NC(C)c1ccc(C)cc1C. The maximum Gasteiger partial charge on any atom is 0.237 e. The minimum absolute atomic E-state index is 0.000719. The molecule has 0 saturated carbocycles. The summed E-state index contributed by atoms with van der Waals surface area (Å²) in [5, 5.41) is 3.00. The summed E-state index contributed by atoms with van der Waals surface area (Å²) in [6.45, 7) is 8.24. The highest BCUT2D eigenvalue weighted by molar-refractivity contribution is 5.81. The molecule has 106 valence electrons. The third-order valence-corrected chi connectivity index (χ3v) is 3.46. The van der Waals surface area contributed by atoms with Gasteiger partial charge in [-0.15, -0.1) is 0 Å². The smallest absolute Gasteiger partial charge is 0.237 e. The van der Waals surface area contributed by atoms with Crippen molar-refractivity contribution < 1.29 is 4.79 Å². The maximum atomic E-state index is 12.0. The molecule has 2 atom stereocenters. The van der Waals surface area contributed by atoms with E-state index in [4.69, 9.17) is 5.73 Å². The van der Waals surface area contributed by atoms with Gasteiger partial charge in [-0.3, -0.25) is 4.79 Å². The Morgan fingerprint density at radius 1 is 1.37 bits per heavy atom. The van der Waals surface area contributed by atoms with E-state index in [0.29, 0.717) is 0 Å². The Balaban J connectivity index is 2.63. The third kappa shape index (κ3) is 4.67. The van der Waals surface area contributed by atoms with Crippen LogP contribution < -0.4 is 11.1 Å². The largest absolute Gasteiger partial charge is 0.348 e. The zero-order chi connectivity index (χ0) is 14.4. The summed E-state index contributed by atoms with van der Waals surface area (Å²) in [5.41, 5.74) is 9.47. The van der Waals surface area contributed by atoms with Gasteiger partial charge in [-0.1, -0.05) is 43.5 Å². The molecular weight excluding hydrogens is 236 g/mol. The first-order valence-electron chi connectivity index (χ1n) is 7.08. The molecule has 1 amide bonds. The van der Waals surface area contributed by atoms with Crippen molar-refractivity contribution in [3.8, 4) is 0 Å².